The summed E-state index contributed by atoms with van der Waals surface area (Å²) in [5, 5.41) is 5.47. The van der Waals surface area contributed by atoms with Crippen LogP contribution in [0.4, 0.5) is 0 Å². The molecular formula is C17H21Cl2N3OS2. The number of ether oxygens (including phenoxy) is 1. The van der Waals surface area contributed by atoms with Gasteiger partial charge in [0, 0.05) is 28.5 Å². The molecule has 2 rings (SSSR count). The fraction of sp³-hybridized carbons (Fsp3) is 0.412. The van der Waals surface area contributed by atoms with Crippen LogP contribution in [0, 0.1) is 0 Å². The number of hydrogen-bond donors (Lipinski definition) is 1. The molecule has 0 aliphatic rings. The minimum absolute atomic E-state index is 0.278. The van der Waals surface area contributed by atoms with Crippen molar-refractivity contribution in [2.45, 2.75) is 49.8 Å². The zero-order valence-corrected chi connectivity index (χ0v) is 17.7. The summed E-state index contributed by atoms with van der Waals surface area (Å²) in [4.78, 5) is 5.77. The lowest BCUT2D eigenvalue weighted by Crippen LogP contribution is -2.19. The molecule has 1 N–H and O–H groups in total. The number of halogens is 2. The van der Waals surface area contributed by atoms with E-state index in [4.69, 9.17) is 45.1 Å². The van der Waals surface area contributed by atoms with E-state index in [2.05, 4.69) is 30.7 Å². The number of aromatic nitrogens is 2. The summed E-state index contributed by atoms with van der Waals surface area (Å²) in [5.74, 6) is 1.12. The summed E-state index contributed by atoms with van der Waals surface area (Å²) in [6.45, 7) is 7.44. The Bertz CT molecular complexity index is 742. The Morgan fingerprint density at radius 2 is 1.96 bits per heavy atom. The monoisotopic (exact) mass is 417 g/mol. The van der Waals surface area contributed by atoms with Gasteiger partial charge in [-0.1, -0.05) is 48.8 Å². The Balaban J connectivity index is 2.40. The van der Waals surface area contributed by atoms with Crippen molar-refractivity contribution in [3.05, 3.63) is 39.8 Å². The number of hydrogen-bond acceptors (Lipinski definition) is 4. The van der Waals surface area contributed by atoms with Gasteiger partial charge in [-0.05, 0) is 43.3 Å². The molecule has 25 heavy (non-hydrogen) atoms. The molecule has 1 aromatic carbocycles. The minimum Gasteiger partial charge on any atom is -0.463 e. The van der Waals surface area contributed by atoms with Crippen molar-refractivity contribution >= 4 is 52.4 Å². The van der Waals surface area contributed by atoms with Gasteiger partial charge in [0.15, 0.2) is 0 Å². The fourth-order valence-corrected chi connectivity index (χ4v) is 4.36. The largest absolute Gasteiger partial charge is 0.463 e. The first-order chi connectivity index (χ1) is 11.8. The van der Waals surface area contributed by atoms with E-state index in [0.717, 1.165) is 28.0 Å². The molecule has 0 aliphatic carbocycles. The lowest BCUT2D eigenvalue weighted by atomic mass is 10.1. The number of imidazole rings is 1. The lowest BCUT2D eigenvalue weighted by molar-refractivity contribution is 0.272. The third kappa shape index (κ3) is 5.26. The van der Waals surface area contributed by atoms with Gasteiger partial charge in [-0.15, -0.1) is 0 Å². The van der Waals surface area contributed by atoms with Crippen molar-refractivity contribution in [1.29, 1.82) is 0 Å². The van der Waals surface area contributed by atoms with Crippen molar-refractivity contribution < 1.29 is 4.74 Å². The van der Waals surface area contributed by atoms with Crippen LogP contribution in [-0.4, -0.2) is 21.8 Å². The van der Waals surface area contributed by atoms with Crippen LogP contribution in [0.5, 0.6) is 0 Å². The third-order valence-electron chi connectivity index (χ3n) is 3.48. The molecular weight excluding hydrogens is 397 g/mol. The third-order valence-corrected chi connectivity index (χ3v) is 5.33. The summed E-state index contributed by atoms with van der Waals surface area (Å²) < 4.78 is 7.69. The average molecular weight is 418 g/mol. The number of benzene rings is 1. The molecule has 0 fully saturated rings. The highest BCUT2D eigenvalue weighted by molar-refractivity contribution is 7.99. The highest BCUT2D eigenvalue weighted by Gasteiger charge is 2.20. The molecule has 0 saturated heterocycles. The van der Waals surface area contributed by atoms with Crippen molar-refractivity contribution in [2.75, 3.05) is 7.05 Å². The van der Waals surface area contributed by atoms with Crippen LogP contribution in [0.2, 0.25) is 10.0 Å². The van der Waals surface area contributed by atoms with Crippen molar-refractivity contribution in [2.24, 2.45) is 0 Å². The van der Waals surface area contributed by atoms with Gasteiger partial charge in [-0.3, -0.25) is 0 Å². The summed E-state index contributed by atoms with van der Waals surface area (Å²) in [7, 11) is 1.73. The predicted octanol–water partition coefficient (Wildman–Crippen LogP) is 5.51. The molecule has 1 aromatic heterocycles. The number of thiocarbonyl (C=S) groups is 1. The van der Waals surface area contributed by atoms with Gasteiger partial charge >= 0.3 is 0 Å². The van der Waals surface area contributed by atoms with Crippen molar-refractivity contribution in [1.82, 2.24) is 14.9 Å². The molecule has 0 radical (unpaired) electrons. The first-order valence-electron chi connectivity index (χ1n) is 7.93. The zero-order valence-electron chi connectivity index (χ0n) is 14.6. The molecule has 0 bridgehead atoms. The van der Waals surface area contributed by atoms with Gasteiger partial charge in [0.25, 0.3) is 5.17 Å². The second-order valence-corrected chi connectivity index (χ2v) is 7.96. The van der Waals surface area contributed by atoms with Crippen molar-refractivity contribution in [3.8, 4) is 0 Å². The van der Waals surface area contributed by atoms with Crippen LogP contribution in [0.1, 0.15) is 38.2 Å². The van der Waals surface area contributed by atoms with E-state index < -0.39 is 0 Å². The summed E-state index contributed by atoms with van der Waals surface area (Å²) in [6.07, 6.45) is 0. The molecule has 0 amide bonds. The average Bonchev–Trinajstić information content (AvgIpc) is 2.89. The van der Waals surface area contributed by atoms with Gasteiger partial charge < -0.3 is 14.6 Å². The smallest absolute Gasteiger partial charge is 0.256 e. The summed E-state index contributed by atoms with van der Waals surface area (Å²) in [5.41, 5.74) is 1.02. The van der Waals surface area contributed by atoms with E-state index in [1.807, 2.05) is 12.1 Å². The summed E-state index contributed by atoms with van der Waals surface area (Å²) in [6, 6.07) is 5.54. The van der Waals surface area contributed by atoms with E-state index >= 15 is 0 Å². The first-order valence-corrected chi connectivity index (χ1v) is 9.91. The Hall–Kier alpha value is -0.950. The van der Waals surface area contributed by atoms with E-state index in [1.165, 1.54) is 0 Å². The van der Waals surface area contributed by atoms with Gasteiger partial charge in [-0.25, -0.2) is 4.98 Å². The van der Waals surface area contributed by atoms with Gasteiger partial charge in [0.05, 0.1) is 5.69 Å². The lowest BCUT2D eigenvalue weighted by Gasteiger charge is -2.12. The summed E-state index contributed by atoms with van der Waals surface area (Å²) >= 11 is 18.9. The molecule has 1 heterocycles. The molecule has 0 saturated carbocycles. The Labute approximate surface area is 168 Å². The van der Waals surface area contributed by atoms with Crippen LogP contribution in [0.15, 0.2) is 28.1 Å². The van der Waals surface area contributed by atoms with E-state index in [9.17, 15) is 0 Å². The molecule has 8 heteroatoms. The number of nitrogens with one attached hydrogen (secondary N) is 1. The van der Waals surface area contributed by atoms with Crippen LogP contribution in [0.25, 0.3) is 0 Å². The second kappa shape index (κ2) is 9.12. The molecule has 4 nitrogen and oxygen atoms in total. The molecule has 0 spiro atoms. The maximum atomic E-state index is 6.14. The van der Waals surface area contributed by atoms with E-state index in [-0.39, 0.29) is 5.92 Å². The highest BCUT2D eigenvalue weighted by Crippen LogP contribution is 2.37. The minimum atomic E-state index is 0.278. The molecule has 0 unspecified atom stereocenters. The Morgan fingerprint density at radius 1 is 1.32 bits per heavy atom. The highest BCUT2D eigenvalue weighted by atomic mass is 35.5. The van der Waals surface area contributed by atoms with Crippen molar-refractivity contribution in [3.63, 3.8) is 0 Å². The molecule has 136 valence electrons. The van der Waals surface area contributed by atoms with Gasteiger partial charge in [-0.2, -0.15) is 0 Å². The molecule has 2 aromatic rings. The zero-order chi connectivity index (χ0) is 18.6. The molecule has 0 atom stereocenters. The van der Waals surface area contributed by atoms with Crippen LogP contribution in [-0.2, 0) is 17.9 Å². The maximum Gasteiger partial charge on any atom is 0.256 e. The Morgan fingerprint density at radius 3 is 2.48 bits per heavy atom. The SMILES string of the molecule is CCn1c(COC(=S)NC)nc(C(C)C)c1Sc1cc(Cl)cc(Cl)c1. The Kier molecular flexibility index (Phi) is 7.43. The normalized spacial score (nSPS) is 11.0. The predicted molar refractivity (Wildman–Crippen MR) is 109 cm³/mol. The van der Waals surface area contributed by atoms with Crippen LogP contribution in [0.3, 0.4) is 0 Å². The molecule has 0 aliphatic heterocycles. The van der Waals surface area contributed by atoms with Gasteiger partial charge in [0.2, 0.25) is 0 Å². The standard InChI is InChI=1S/C17H21Cl2N3OS2/c1-5-22-14(9-23-17(24)20-4)21-15(10(2)3)16(22)25-13-7-11(18)6-12(19)8-13/h6-8,10H,5,9H2,1-4H3,(H,20,24). The maximum absolute atomic E-state index is 6.14. The number of rotatable bonds is 6. The van der Waals surface area contributed by atoms with Gasteiger partial charge in [0.1, 0.15) is 17.5 Å². The second-order valence-electron chi connectivity index (χ2n) is 5.65. The quantitative estimate of drug-likeness (QED) is 0.627. The fourth-order valence-electron chi connectivity index (χ4n) is 2.32. The van der Waals surface area contributed by atoms with Crippen LogP contribution >= 0.6 is 47.2 Å². The topological polar surface area (TPSA) is 39.1 Å². The first kappa shape index (κ1) is 20.4. The van der Waals surface area contributed by atoms with E-state index in [0.29, 0.717) is 21.8 Å². The van der Waals surface area contributed by atoms with E-state index in [1.54, 1.807) is 24.9 Å². The number of nitrogens with zero attached hydrogens (tertiary/aromatic N) is 2. The van der Waals surface area contributed by atoms with Crippen LogP contribution < -0.4 is 5.32 Å².